The molecule has 7 heteroatoms. The summed E-state index contributed by atoms with van der Waals surface area (Å²) in [5.41, 5.74) is 1.08. The Labute approximate surface area is 138 Å². The Bertz CT molecular complexity index is 747. The van der Waals surface area contributed by atoms with Gasteiger partial charge in [0, 0.05) is 31.2 Å². The molecule has 2 N–H and O–H groups in total. The second kappa shape index (κ2) is 7.87. The fourth-order valence-corrected chi connectivity index (χ4v) is 2.23. The van der Waals surface area contributed by atoms with Gasteiger partial charge >= 0.3 is 0 Å². The van der Waals surface area contributed by atoms with Gasteiger partial charge < -0.3 is 10.6 Å². The molecule has 0 fully saturated rings. The lowest BCUT2D eigenvalue weighted by molar-refractivity contribution is -0.384. The van der Waals surface area contributed by atoms with Crippen LogP contribution in [0.2, 0.25) is 0 Å². The number of nitro groups is 1. The first-order valence-electron chi connectivity index (χ1n) is 7.32. The molecule has 0 radical (unpaired) electrons. The molecule has 7 nitrogen and oxygen atoms in total. The number of nitro benzene ring substituents is 1. The minimum Gasteiger partial charge on any atom is -0.344 e. The zero-order valence-corrected chi connectivity index (χ0v) is 13.1. The van der Waals surface area contributed by atoms with E-state index < -0.39 is 16.9 Å². The minimum absolute atomic E-state index is 0.119. The summed E-state index contributed by atoms with van der Waals surface area (Å²) in [6.07, 6.45) is 0.321. The molecule has 2 rings (SSSR count). The van der Waals surface area contributed by atoms with E-state index in [2.05, 4.69) is 10.6 Å². The monoisotopic (exact) mass is 327 g/mol. The Morgan fingerprint density at radius 3 is 2.46 bits per heavy atom. The van der Waals surface area contributed by atoms with Gasteiger partial charge in [-0.15, -0.1) is 0 Å². The SMILES string of the molecule is CC(=O)NC(Cc1ccccc1)C(=O)Nc1cccc([N+](=O)[O-])c1. The topological polar surface area (TPSA) is 101 Å². The molecule has 0 aliphatic carbocycles. The van der Waals surface area contributed by atoms with Crippen molar-refractivity contribution in [3.8, 4) is 0 Å². The first-order valence-corrected chi connectivity index (χ1v) is 7.32. The van der Waals surface area contributed by atoms with Gasteiger partial charge in [0.15, 0.2) is 0 Å². The second-order valence-electron chi connectivity index (χ2n) is 5.24. The Balaban J connectivity index is 2.14. The molecule has 0 saturated carbocycles. The molecular formula is C17H17N3O4. The maximum absolute atomic E-state index is 12.4. The van der Waals surface area contributed by atoms with Gasteiger partial charge in [0.2, 0.25) is 11.8 Å². The van der Waals surface area contributed by atoms with Gasteiger partial charge in [0.05, 0.1) is 4.92 Å². The summed E-state index contributed by atoms with van der Waals surface area (Å²) in [6.45, 7) is 1.33. The highest BCUT2D eigenvalue weighted by Gasteiger charge is 2.20. The number of nitrogens with one attached hydrogen (secondary N) is 2. The van der Waals surface area contributed by atoms with Crippen molar-refractivity contribution in [2.75, 3.05) is 5.32 Å². The Kier molecular flexibility index (Phi) is 5.62. The lowest BCUT2D eigenvalue weighted by atomic mass is 10.1. The van der Waals surface area contributed by atoms with Gasteiger partial charge in [-0.2, -0.15) is 0 Å². The molecule has 0 heterocycles. The molecule has 24 heavy (non-hydrogen) atoms. The molecule has 2 aromatic rings. The van der Waals surface area contributed by atoms with E-state index in [9.17, 15) is 19.7 Å². The van der Waals surface area contributed by atoms with E-state index in [1.165, 1.54) is 25.1 Å². The molecule has 0 saturated heterocycles. The van der Waals surface area contributed by atoms with Crippen molar-refractivity contribution in [2.45, 2.75) is 19.4 Å². The third-order valence-electron chi connectivity index (χ3n) is 3.30. The normalized spacial score (nSPS) is 11.4. The number of rotatable bonds is 6. The molecule has 1 atom stereocenters. The van der Waals surface area contributed by atoms with Crippen LogP contribution < -0.4 is 10.6 Å². The summed E-state index contributed by atoms with van der Waals surface area (Å²) in [6, 6.07) is 14.1. The van der Waals surface area contributed by atoms with Gasteiger partial charge in [-0.1, -0.05) is 36.4 Å². The van der Waals surface area contributed by atoms with Gasteiger partial charge in [0.1, 0.15) is 6.04 Å². The molecular weight excluding hydrogens is 310 g/mol. The Morgan fingerprint density at radius 2 is 1.83 bits per heavy atom. The predicted octanol–water partition coefficient (Wildman–Crippen LogP) is 2.28. The van der Waals surface area contributed by atoms with Crippen molar-refractivity contribution in [3.05, 3.63) is 70.3 Å². The minimum atomic E-state index is -0.774. The summed E-state index contributed by atoms with van der Waals surface area (Å²) < 4.78 is 0. The molecule has 124 valence electrons. The van der Waals surface area contributed by atoms with Crippen LogP contribution >= 0.6 is 0 Å². The van der Waals surface area contributed by atoms with Crippen molar-refractivity contribution < 1.29 is 14.5 Å². The van der Waals surface area contributed by atoms with E-state index in [0.29, 0.717) is 12.1 Å². The van der Waals surface area contributed by atoms with Crippen LogP contribution in [0.3, 0.4) is 0 Å². The first-order chi connectivity index (χ1) is 11.5. The van der Waals surface area contributed by atoms with Crippen LogP contribution in [0.25, 0.3) is 0 Å². The standard InChI is InChI=1S/C17H17N3O4/c1-12(21)18-16(10-13-6-3-2-4-7-13)17(22)19-14-8-5-9-15(11-14)20(23)24/h2-9,11,16H,10H2,1H3,(H,18,21)(H,19,22). The van der Waals surface area contributed by atoms with Crippen LogP contribution in [-0.4, -0.2) is 22.8 Å². The van der Waals surface area contributed by atoms with Crippen molar-refractivity contribution in [2.24, 2.45) is 0 Å². The Hall–Kier alpha value is -3.22. The number of non-ortho nitro benzene ring substituents is 1. The average molecular weight is 327 g/mol. The third-order valence-corrected chi connectivity index (χ3v) is 3.30. The number of carbonyl (C=O) groups is 2. The van der Waals surface area contributed by atoms with Crippen molar-refractivity contribution >= 4 is 23.2 Å². The van der Waals surface area contributed by atoms with Crippen LogP contribution in [0.5, 0.6) is 0 Å². The number of benzene rings is 2. The lowest BCUT2D eigenvalue weighted by Gasteiger charge is -2.17. The first kappa shape index (κ1) is 17.1. The summed E-state index contributed by atoms with van der Waals surface area (Å²) >= 11 is 0. The summed E-state index contributed by atoms with van der Waals surface area (Å²) in [5, 5.41) is 16.0. The predicted molar refractivity (Wildman–Crippen MR) is 89.5 cm³/mol. The van der Waals surface area contributed by atoms with E-state index >= 15 is 0 Å². The van der Waals surface area contributed by atoms with Gasteiger partial charge in [-0.05, 0) is 11.6 Å². The largest absolute Gasteiger partial charge is 0.344 e. The van der Waals surface area contributed by atoms with E-state index in [1.807, 2.05) is 30.3 Å². The molecule has 0 aliphatic heterocycles. The van der Waals surface area contributed by atoms with E-state index in [4.69, 9.17) is 0 Å². The number of carbonyl (C=O) groups excluding carboxylic acids is 2. The molecule has 0 aromatic heterocycles. The zero-order chi connectivity index (χ0) is 17.5. The van der Waals surface area contributed by atoms with Crippen molar-refractivity contribution in [1.29, 1.82) is 0 Å². The highest BCUT2D eigenvalue weighted by atomic mass is 16.6. The fraction of sp³-hybridized carbons (Fsp3) is 0.176. The van der Waals surface area contributed by atoms with Gasteiger partial charge in [-0.3, -0.25) is 19.7 Å². The number of amides is 2. The molecule has 0 aliphatic rings. The van der Waals surface area contributed by atoms with Gasteiger partial charge in [0.25, 0.3) is 5.69 Å². The number of nitrogens with zero attached hydrogens (tertiary/aromatic N) is 1. The number of hydrogen-bond acceptors (Lipinski definition) is 4. The quantitative estimate of drug-likeness (QED) is 0.627. The van der Waals surface area contributed by atoms with Crippen LogP contribution in [0.4, 0.5) is 11.4 Å². The van der Waals surface area contributed by atoms with Crippen LogP contribution in [0.15, 0.2) is 54.6 Å². The smallest absolute Gasteiger partial charge is 0.271 e. The second-order valence-corrected chi connectivity index (χ2v) is 5.24. The maximum Gasteiger partial charge on any atom is 0.271 e. The fourth-order valence-electron chi connectivity index (χ4n) is 2.23. The number of hydrogen-bond donors (Lipinski definition) is 2. The van der Waals surface area contributed by atoms with Crippen LogP contribution in [0, 0.1) is 10.1 Å². The van der Waals surface area contributed by atoms with E-state index in [0.717, 1.165) is 5.56 Å². The zero-order valence-electron chi connectivity index (χ0n) is 13.1. The Morgan fingerprint density at radius 1 is 1.12 bits per heavy atom. The van der Waals surface area contributed by atoms with Crippen molar-refractivity contribution in [3.63, 3.8) is 0 Å². The van der Waals surface area contributed by atoms with Crippen LogP contribution in [-0.2, 0) is 16.0 Å². The average Bonchev–Trinajstić information content (AvgIpc) is 2.55. The number of anilines is 1. The summed E-state index contributed by atoms with van der Waals surface area (Å²) in [4.78, 5) is 34.1. The molecule has 0 spiro atoms. The highest BCUT2D eigenvalue weighted by molar-refractivity contribution is 5.97. The van der Waals surface area contributed by atoms with Gasteiger partial charge in [-0.25, -0.2) is 0 Å². The van der Waals surface area contributed by atoms with E-state index in [-0.39, 0.29) is 11.6 Å². The van der Waals surface area contributed by atoms with Crippen molar-refractivity contribution in [1.82, 2.24) is 5.32 Å². The molecule has 2 aromatic carbocycles. The molecule has 2 amide bonds. The lowest BCUT2D eigenvalue weighted by Crippen LogP contribution is -2.44. The summed E-state index contributed by atoms with van der Waals surface area (Å²) in [5.74, 6) is -0.764. The third kappa shape index (κ3) is 4.91. The molecule has 0 bridgehead atoms. The highest BCUT2D eigenvalue weighted by Crippen LogP contribution is 2.17. The maximum atomic E-state index is 12.4. The van der Waals surface area contributed by atoms with Crippen LogP contribution in [0.1, 0.15) is 12.5 Å². The molecule has 1 unspecified atom stereocenters. The summed E-state index contributed by atoms with van der Waals surface area (Å²) in [7, 11) is 0. The van der Waals surface area contributed by atoms with E-state index in [1.54, 1.807) is 6.07 Å².